The van der Waals surface area contributed by atoms with Gasteiger partial charge in [0.25, 0.3) is 0 Å². The number of ether oxygens (including phenoxy) is 1. The van der Waals surface area contributed by atoms with Crippen molar-refractivity contribution in [1.82, 2.24) is 4.72 Å². The minimum atomic E-state index is -3.65. The molecule has 2 aromatic carbocycles. The van der Waals surface area contributed by atoms with Crippen LogP contribution >= 0.6 is 11.3 Å². The van der Waals surface area contributed by atoms with Gasteiger partial charge in [-0.05, 0) is 73.3 Å². The van der Waals surface area contributed by atoms with Gasteiger partial charge in [0, 0.05) is 10.9 Å². The van der Waals surface area contributed by atoms with Crippen molar-refractivity contribution in [3.05, 3.63) is 77.4 Å². The highest BCUT2D eigenvalue weighted by atomic mass is 32.2. The average molecular weight is 496 g/mol. The summed E-state index contributed by atoms with van der Waals surface area (Å²) in [6.07, 6.45) is 2.08. The van der Waals surface area contributed by atoms with E-state index in [1.165, 1.54) is 22.5 Å². The maximum Gasteiger partial charge on any atom is 0.306 e. The number of nitrogens with one attached hydrogen (secondary N) is 1. The molecule has 2 aliphatic rings. The maximum atomic E-state index is 13.3. The van der Waals surface area contributed by atoms with E-state index in [0.29, 0.717) is 10.8 Å². The lowest BCUT2D eigenvalue weighted by molar-refractivity contribution is -0.143. The zero-order chi connectivity index (χ0) is 23.9. The molecule has 0 radical (unpaired) electrons. The van der Waals surface area contributed by atoms with Crippen LogP contribution in [-0.4, -0.2) is 27.0 Å². The molecule has 2 aliphatic carbocycles. The first kappa shape index (κ1) is 23.3. The van der Waals surface area contributed by atoms with Crippen LogP contribution in [0.5, 0.6) is 0 Å². The van der Waals surface area contributed by atoms with E-state index in [1.807, 2.05) is 56.3 Å². The monoisotopic (exact) mass is 495 g/mol. The fourth-order valence-corrected chi connectivity index (χ4v) is 8.01. The van der Waals surface area contributed by atoms with Gasteiger partial charge in [0.2, 0.25) is 10.0 Å². The minimum absolute atomic E-state index is 0.0399. The van der Waals surface area contributed by atoms with E-state index in [1.54, 1.807) is 6.07 Å². The number of rotatable bonds is 7. The first-order valence-electron chi connectivity index (χ1n) is 11.8. The van der Waals surface area contributed by atoms with Gasteiger partial charge in [0.15, 0.2) is 0 Å². The Morgan fingerprint density at radius 1 is 1.09 bits per heavy atom. The van der Waals surface area contributed by atoms with E-state index in [9.17, 15) is 13.2 Å². The molecule has 7 heteroatoms. The van der Waals surface area contributed by atoms with Crippen LogP contribution in [0.15, 0.2) is 64.9 Å². The van der Waals surface area contributed by atoms with Crippen molar-refractivity contribution in [3.8, 4) is 10.4 Å². The summed E-state index contributed by atoms with van der Waals surface area (Å²) >= 11 is 1.29. The molecular formula is C27H29NO4S2. The summed E-state index contributed by atoms with van der Waals surface area (Å²) in [7, 11) is -3.65. The van der Waals surface area contributed by atoms with E-state index >= 15 is 0 Å². The molecule has 4 atom stereocenters. The highest BCUT2D eigenvalue weighted by Crippen LogP contribution is 2.55. The number of carbonyl (C=O) groups excluding carboxylic acids is 1. The Kier molecular flexibility index (Phi) is 6.35. The van der Waals surface area contributed by atoms with Crippen molar-refractivity contribution >= 4 is 27.3 Å². The van der Waals surface area contributed by atoms with Gasteiger partial charge >= 0.3 is 5.97 Å². The van der Waals surface area contributed by atoms with E-state index in [4.69, 9.17) is 4.74 Å². The summed E-state index contributed by atoms with van der Waals surface area (Å²) < 4.78 is 35.2. The molecule has 0 saturated heterocycles. The van der Waals surface area contributed by atoms with E-state index in [-0.39, 0.29) is 36.2 Å². The number of carbonyl (C=O) groups is 1. The highest BCUT2D eigenvalue weighted by Gasteiger charge is 2.57. The van der Waals surface area contributed by atoms with Gasteiger partial charge in [-0.3, -0.25) is 4.79 Å². The van der Waals surface area contributed by atoms with E-state index in [0.717, 1.165) is 28.8 Å². The summed E-state index contributed by atoms with van der Waals surface area (Å²) in [4.78, 5) is 13.3. The number of hydrogen-bond acceptors (Lipinski definition) is 5. The molecule has 4 unspecified atom stereocenters. The number of fused-ring (bicyclic) bond motifs is 2. The fraction of sp³-hybridized carbons (Fsp3) is 0.370. The van der Waals surface area contributed by atoms with Gasteiger partial charge in [-0.25, -0.2) is 13.1 Å². The van der Waals surface area contributed by atoms with Crippen molar-refractivity contribution in [3.63, 3.8) is 0 Å². The summed E-state index contributed by atoms with van der Waals surface area (Å²) in [5.41, 5.74) is 4.59. The number of benzene rings is 2. The standard InChI is InChI=1S/C27H29NO4S2/c1-3-32-24(29)16-22-20-7-5-4-6-18(20)12-13-21-26(22)27(21)28-34(30,31)25-15-14-23(33-25)19-10-8-17(2)9-11-19/h4-11,14-15,21-22,26-28H,3,12-13,16H2,1-2H3. The lowest BCUT2D eigenvalue weighted by Gasteiger charge is -2.19. The van der Waals surface area contributed by atoms with E-state index < -0.39 is 10.0 Å². The molecule has 1 N–H and O–H groups in total. The Morgan fingerprint density at radius 2 is 1.85 bits per heavy atom. The van der Waals surface area contributed by atoms with Crippen LogP contribution in [0.25, 0.3) is 10.4 Å². The van der Waals surface area contributed by atoms with Crippen molar-refractivity contribution in [1.29, 1.82) is 0 Å². The molecular weight excluding hydrogens is 466 g/mol. The molecule has 1 aromatic heterocycles. The topological polar surface area (TPSA) is 72.5 Å². The van der Waals surface area contributed by atoms with Gasteiger partial charge in [-0.1, -0.05) is 54.1 Å². The molecule has 0 aliphatic heterocycles. The van der Waals surface area contributed by atoms with E-state index in [2.05, 4.69) is 16.9 Å². The molecule has 5 rings (SSSR count). The first-order valence-corrected chi connectivity index (χ1v) is 14.1. The van der Waals surface area contributed by atoms with Crippen molar-refractivity contribution < 1.29 is 17.9 Å². The molecule has 1 heterocycles. The largest absolute Gasteiger partial charge is 0.466 e. The molecule has 0 spiro atoms. The predicted molar refractivity (Wildman–Crippen MR) is 134 cm³/mol. The second-order valence-electron chi connectivity index (χ2n) is 9.23. The molecule has 1 fully saturated rings. The molecule has 5 nitrogen and oxygen atoms in total. The maximum absolute atomic E-state index is 13.3. The third-order valence-corrected chi connectivity index (χ3v) is 10.1. The third-order valence-electron chi connectivity index (χ3n) is 7.06. The summed E-state index contributed by atoms with van der Waals surface area (Å²) in [6, 6.07) is 19.7. The van der Waals surface area contributed by atoms with Crippen LogP contribution in [0.1, 0.15) is 42.4 Å². The number of aryl methyl sites for hydroxylation is 2. The molecule has 3 aromatic rings. The third kappa shape index (κ3) is 4.57. The predicted octanol–water partition coefficient (Wildman–Crippen LogP) is 5.30. The average Bonchev–Trinajstić information content (AvgIpc) is 3.26. The van der Waals surface area contributed by atoms with Crippen molar-refractivity contribution in [2.45, 2.75) is 49.3 Å². The molecule has 178 valence electrons. The van der Waals surface area contributed by atoms with Crippen LogP contribution in [0.2, 0.25) is 0 Å². The fourth-order valence-electron chi connectivity index (χ4n) is 5.36. The van der Waals surface area contributed by atoms with Crippen molar-refractivity contribution in [2.75, 3.05) is 6.61 Å². The second kappa shape index (κ2) is 9.29. The van der Waals surface area contributed by atoms with Gasteiger partial charge in [0.1, 0.15) is 4.21 Å². The Balaban J connectivity index is 1.37. The van der Waals surface area contributed by atoms with Crippen LogP contribution in [0.3, 0.4) is 0 Å². The highest BCUT2D eigenvalue weighted by molar-refractivity contribution is 7.91. The van der Waals surface area contributed by atoms with Crippen LogP contribution < -0.4 is 4.72 Å². The number of thiophene rings is 1. The summed E-state index contributed by atoms with van der Waals surface area (Å²) in [5.74, 6) is 0.0526. The van der Waals surface area contributed by atoms with Crippen LogP contribution in [0, 0.1) is 18.8 Å². The first-order chi connectivity index (χ1) is 16.4. The Bertz CT molecular complexity index is 1300. The lowest BCUT2D eigenvalue weighted by atomic mass is 9.87. The Labute approximate surface area is 205 Å². The van der Waals surface area contributed by atoms with Gasteiger partial charge in [-0.15, -0.1) is 11.3 Å². The van der Waals surface area contributed by atoms with Gasteiger partial charge in [-0.2, -0.15) is 0 Å². The SMILES string of the molecule is CCOC(=O)CC1c2ccccc2CCC2C(NS(=O)(=O)c3ccc(-c4ccc(C)cc4)s3)C12. The molecule has 0 bridgehead atoms. The normalized spacial score (nSPS) is 23.5. The summed E-state index contributed by atoms with van der Waals surface area (Å²) in [6.45, 7) is 4.18. The zero-order valence-electron chi connectivity index (χ0n) is 19.4. The lowest BCUT2D eigenvalue weighted by Crippen LogP contribution is -2.29. The number of sulfonamides is 1. The number of hydrogen-bond donors (Lipinski definition) is 1. The Hall–Kier alpha value is -2.48. The minimum Gasteiger partial charge on any atom is -0.466 e. The Morgan fingerprint density at radius 3 is 2.62 bits per heavy atom. The van der Waals surface area contributed by atoms with Crippen LogP contribution in [-0.2, 0) is 26.0 Å². The molecule has 0 amide bonds. The van der Waals surface area contributed by atoms with Crippen LogP contribution in [0.4, 0.5) is 0 Å². The van der Waals surface area contributed by atoms with Gasteiger partial charge in [0.05, 0.1) is 13.0 Å². The zero-order valence-corrected chi connectivity index (χ0v) is 21.0. The number of esters is 1. The quantitative estimate of drug-likeness (QED) is 0.452. The summed E-state index contributed by atoms with van der Waals surface area (Å²) in [5, 5.41) is 0. The smallest absolute Gasteiger partial charge is 0.306 e. The van der Waals surface area contributed by atoms with Crippen molar-refractivity contribution in [2.24, 2.45) is 11.8 Å². The van der Waals surface area contributed by atoms with Gasteiger partial charge < -0.3 is 4.74 Å². The molecule has 1 saturated carbocycles. The molecule has 34 heavy (non-hydrogen) atoms. The second-order valence-corrected chi connectivity index (χ2v) is 12.3.